The number of thioether (sulfide) groups is 1. The molecule has 1 saturated heterocycles. The lowest BCUT2D eigenvalue weighted by molar-refractivity contribution is -0.384. The second kappa shape index (κ2) is 8.95. The summed E-state index contributed by atoms with van der Waals surface area (Å²) in [6.07, 6.45) is 1.79. The van der Waals surface area contributed by atoms with E-state index in [1.807, 2.05) is 53.7 Å². The van der Waals surface area contributed by atoms with Crippen molar-refractivity contribution in [3.63, 3.8) is 0 Å². The van der Waals surface area contributed by atoms with E-state index in [1.54, 1.807) is 6.08 Å². The number of benzene rings is 2. The summed E-state index contributed by atoms with van der Waals surface area (Å²) in [5.41, 5.74) is 2.31. The van der Waals surface area contributed by atoms with Gasteiger partial charge in [-0.05, 0) is 68.4 Å². The number of carbonyl (C=O) groups excluding carboxylic acids is 1. The van der Waals surface area contributed by atoms with Crippen LogP contribution in [0.5, 0.6) is 5.75 Å². The average Bonchev–Trinajstić information content (AvgIpc) is 3.01. The first-order valence-corrected chi connectivity index (χ1v) is 11.9. The Labute approximate surface area is 205 Å². The molecule has 1 aliphatic rings. The summed E-state index contributed by atoms with van der Waals surface area (Å²) in [4.78, 5) is 27.9. The van der Waals surface area contributed by atoms with E-state index in [0.29, 0.717) is 20.2 Å². The van der Waals surface area contributed by atoms with Crippen molar-refractivity contribution in [2.75, 3.05) is 0 Å². The number of nitro groups is 1. The van der Waals surface area contributed by atoms with E-state index in [0.717, 1.165) is 16.7 Å². The van der Waals surface area contributed by atoms with Crippen LogP contribution in [0.15, 0.2) is 44.7 Å². The fraction of sp³-hybridized carbons (Fsp3) is 0.333. The minimum Gasteiger partial charge on any atom is -0.507 e. The monoisotopic (exact) mass is 531 g/mol. The molecule has 1 fully saturated rings. The van der Waals surface area contributed by atoms with Gasteiger partial charge in [-0.25, -0.2) is 4.99 Å². The second-order valence-corrected chi connectivity index (χ2v) is 11.7. The van der Waals surface area contributed by atoms with E-state index >= 15 is 0 Å². The highest BCUT2D eigenvalue weighted by molar-refractivity contribution is 9.10. The standard InChI is InChI=1S/C24H26BrN3O4S/c1-23(2,3)15-9-13(10-16(20(15)29)24(4,5)6)11-19-21(30)27-22(33-19)26-18-8-7-14(28(31)32)12-17(18)25/h7-12,29H,1-6H3,(H,26,27,30)/b19-11+. The van der Waals surface area contributed by atoms with Gasteiger partial charge in [0, 0.05) is 23.3 Å². The number of nitro benzene ring substituents is 1. The van der Waals surface area contributed by atoms with E-state index in [-0.39, 0.29) is 28.2 Å². The molecule has 0 spiro atoms. The largest absolute Gasteiger partial charge is 0.507 e. The topological polar surface area (TPSA) is 105 Å². The van der Waals surface area contributed by atoms with Crippen LogP contribution in [0.2, 0.25) is 0 Å². The number of aromatic hydroxyl groups is 1. The minimum absolute atomic E-state index is 0.0499. The Morgan fingerprint density at radius 3 is 2.15 bits per heavy atom. The Morgan fingerprint density at radius 1 is 1.09 bits per heavy atom. The maximum absolute atomic E-state index is 12.6. The van der Waals surface area contributed by atoms with Crippen molar-refractivity contribution >= 4 is 56.2 Å². The van der Waals surface area contributed by atoms with Crippen LogP contribution in [-0.4, -0.2) is 21.1 Å². The number of hydrogen-bond acceptors (Lipinski definition) is 6. The van der Waals surface area contributed by atoms with Crippen LogP contribution in [0.1, 0.15) is 58.2 Å². The summed E-state index contributed by atoms with van der Waals surface area (Å²) in [6, 6.07) is 8.08. The summed E-state index contributed by atoms with van der Waals surface area (Å²) in [5, 5.41) is 25.0. The molecule has 1 amide bonds. The van der Waals surface area contributed by atoms with Crippen LogP contribution in [0, 0.1) is 10.1 Å². The lowest BCUT2D eigenvalue weighted by atomic mass is 9.78. The summed E-state index contributed by atoms with van der Waals surface area (Å²) in [5.74, 6) is 0.00502. The Hall–Kier alpha value is -2.65. The molecule has 174 valence electrons. The number of hydrogen-bond donors (Lipinski definition) is 2. The van der Waals surface area contributed by atoms with Gasteiger partial charge < -0.3 is 10.4 Å². The molecule has 3 rings (SSSR count). The molecule has 7 nitrogen and oxygen atoms in total. The highest BCUT2D eigenvalue weighted by atomic mass is 79.9. The van der Waals surface area contributed by atoms with Crippen LogP contribution in [0.25, 0.3) is 6.08 Å². The molecule has 0 radical (unpaired) electrons. The molecule has 2 aromatic rings. The van der Waals surface area contributed by atoms with E-state index < -0.39 is 4.92 Å². The molecule has 33 heavy (non-hydrogen) atoms. The van der Waals surface area contributed by atoms with Crippen molar-refractivity contribution < 1.29 is 14.8 Å². The maximum atomic E-state index is 12.6. The van der Waals surface area contributed by atoms with Gasteiger partial charge in [-0.3, -0.25) is 14.9 Å². The van der Waals surface area contributed by atoms with E-state index in [1.165, 1.54) is 30.0 Å². The van der Waals surface area contributed by atoms with Gasteiger partial charge in [0.05, 0.1) is 20.0 Å². The zero-order valence-electron chi connectivity index (χ0n) is 19.3. The number of halogens is 1. The third-order valence-corrected chi connectivity index (χ3v) is 6.61. The van der Waals surface area contributed by atoms with Crippen LogP contribution in [-0.2, 0) is 15.6 Å². The molecule has 0 aromatic heterocycles. The molecule has 0 aliphatic carbocycles. The number of nitrogens with one attached hydrogen (secondary N) is 1. The van der Waals surface area contributed by atoms with Crippen molar-refractivity contribution in [3.05, 3.63) is 66.5 Å². The molecule has 0 atom stereocenters. The van der Waals surface area contributed by atoms with E-state index in [2.05, 4.69) is 26.2 Å². The van der Waals surface area contributed by atoms with Crippen LogP contribution < -0.4 is 5.32 Å². The molecule has 2 N–H and O–H groups in total. The number of nitrogens with zero attached hydrogens (tertiary/aromatic N) is 2. The minimum atomic E-state index is -0.482. The fourth-order valence-electron chi connectivity index (χ4n) is 3.32. The highest BCUT2D eigenvalue weighted by Gasteiger charge is 2.28. The Morgan fingerprint density at radius 2 is 1.67 bits per heavy atom. The number of carbonyl (C=O) groups is 1. The van der Waals surface area contributed by atoms with Gasteiger partial charge in [0.15, 0.2) is 5.17 Å². The normalized spacial score (nSPS) is 17.0. The molecule has 9 heteroatoms. The van der Waals surface area contributed by atoms with E-state index in [9.17, 15) is 20.0 Å². The summed E-state index contributed by atoms with van der Waals surface area (Å²) >= 11 is 4.49. The average molecular weight is 532 g/mol. The van der Waals surface area contributed by atoms with Crippen molar-refractivity contribution in [2.45, 2.75) is 52.4 Å². The first-order valence-electron chi connectivity index (χ1n) is 10.3. The third-order valence-electron chi connectivity index (χ3n) is 5.06. The van der Waals surface area contributed by atoms with Gasteiger partial charge in [-0.2, -0.15) is 0 Å². The zero-order valence-corrected chi connectivity index (χ0v) is 21.7. The summed E-state index contributed by atoms with van der Waals surface area (Å²) in [6.45, 7) is 12.2. The molecule has 0 bridgehead atoms. The predicted octanol–water partition coefficient (Wildman–Crippen LogP) is 6.55. The van der Waals surface area contributed by atoms with Crippen molar-refractivity contribution in [3.8, 4) is 5.75 Å². The molecule has 0 saturated carbocycles. The molecule has 1 aliphatic heterocycles. The Balaban J connectivity index is 1.99. The summed E-state index contributed by atoms with van der Waals surface area (Å²) < 4.78 is 0.458. The van der Waals surface area contributed by atoms with Crippen molar-refractivity contribution in [1.29, 1.82) is 0 Å². The number of amidine groups is 1. The van der Waals surface area contributed by atoms with Gasteiger partial charge in [-0.15, -0.1) is 0 Å². The van der Waals surface area contributed by atoms with Gasteiger partial charge in [0.2, 0.25) is 0 Å². The summed E-state index contributed by atoms with van der Waals surface area (Å²) in [7, 11) is 0. The number of amides is 1. The molecular weight excluding hydrogens is 506 g/mol. The van der Waals surface area contributed by atoms with Gasteiger partial charge in [-0.1, -0.05) is 41.5 Å². The van der Waals surface area contributed by atoms with E-state index in [4.69, 9.17) is 0 Å². The van der Waals surface area contributed by atoms with Crippen LogP contribution >= 0.6 is 27.7 Å². The molecule has 1 heterocycles. The van der Waals surface area contributed by atoms with Gasteiger partial charge in [0.25, 0.3) is 11.6 Å². The number of phenols is 1. The Kier molecular flexibility index (Phi) is 6.77. The quantitative estimate of drug-likeness (QED) is 0.265. The number of rotatable bonds is 3. The van der Waals surface area contributed by atoms with Crippen molar-refractivity contribution in [2.24, 2.45) is 4.99 Å². The highest BCUT2D eigenvalue weighted by Crippen LogP contribution is 2.41. The van der Waals surface area contributed by atoms with Crippen molar-refractivity contribution in [1.82, 2.24) is 5.32 Å². The molecular formula is C24H26BrN3O4S. The maximum Gasteiger partial charge on any atom is 0.270 e. The molecule has 2 aromatic carbocycles. The first kappa shape index (κ1) is 25.0. The smallest absolute Gasteiger partial charge is 0.270 e. The van der Waals surface area contributed by atoms with Crippen LogP contribution in [0.4, 0.5) is 11.4 Å². The lowest BCUT2D eigenvalue weighted by Gasteiger charge is -2.28. The predicted molar refractivity (Wildman–Crippen MR) is 137 cm³/mol. The van der Waals surface area contributed by atoms with Crippen LogP contribution in [0.3, 0.4) is 0 Å². The third kappa shape index (κ3) is 5.65. The number of phenolic OH excluding ortho intramolecular Hbond substituents is 1. The fourth-order valence-corrected chi connectivity index (χ4v) is 4.62. The lowest BCUT2D eigenvalue weighted by Crippen LogP contribution is -2.19. The van der Waals surface area contributed by atoms with Gasteiger partial charge in [0.1, 0.15) is 5.75 Å². The molecule has 0 unspecified atom stereocenters. The number of aliphatic imine (C=N–C) groups is 1. The van der Waals surface area contributed by atoms with Gasteiger partial charge >= 0.3 is 0 Å². The Bertz CT molecular complexity index is 1170. The second-order valence-electron chi connectivity index (χ2n) is 9.84. The SMILES string of the molecule is CC(C)(C)c1cc(/C=C2/SC(=Nc3ccc([N+](=O)[O-])cc3Br)NC2=O)cc(C(C)(C)C)c1O. The number of non-ortho nitro benzene ring substituents is 1. The first-order chi connectivity index (χ1) is 15.2. The zero-order chi connectivity index (χ0) is 24.7.